The predicted octanol–water partition coefficient (Wildman–Crippen LogP) is 3.71. The molecule has 3 rings (SSSR count). The molecule has 26 heavy (non-hydrogen) atoms. The third kappa shape index (κ3) is 4.22. The van der Waals surface area contributed by atoms with E-state index in [2.05, 4.69) is 21.7 Å². The van der Waals surface area contributed by atoms with Crippen LogP contribution in [0.25, 0.3) is 10.9 Å². The third-order valence-corrected chi connectivity index (χ3v) is 4.01. The van der Waals surface area contributed by atoms with Crippen molar-refractivity contribution in [1.82, 2.24) is 10.3 Å². The first kappa shape index (κ1) is 17.5. The van der Waals surface area contributed by atoms with E-state index in [1.807, 2.05) is 24.4 Å². The fraction of sp³-hybridized carbons (Fsp3) is 0.200. The Bertz CT molecular complexity index is 900. The summed E-state index contributed by atoms with van der Waals surface area (Å²) in [6, 6.07) is 14.4. The zero-order chi connectivity index (χ0) is 18.4. The van der Waals surface area contributed by atoms with E-state index in [9.17, 15) is 9.59 Å². The molecule has 6 nitrogen and oxygen atoms in total. The molecule has 0 saturated heterocycles. The van der Waals surface area contributed by atoms with Crippen LogP contribution in [0.4, 0.5) is 10.5 Å². The minimum atomic E-state index is -0.373. The molecule has 0 radical (unpaired) electrons. The average molecular weight is 351 g/mol. The number of carbonyl (C=O) groups excluding carboxylic acids is 2. The van der Waals surface area contributed by atoms with Gasteiger partial charge in [0.1, 0.15) is 0 Å². The Morgan fingerprint density at radius 3 is 2.62 bits per heavy atom. The predicted molar refractivity (Wildman–Crippen MR) is 101 cm³/mol. The molecule has 1 aromatic heterocycles. The van der Waals surface area contributed by atoms with Gasteiger partial charge in [-0.2, -0.15) is 0 Å². The van der Waals surface area contributed by atoms with Gasteiger partial charge in [0.2, 0.25) is 0 Å². The van der Waals surface area contributed by atoms with Crippen molar-refractivity contribution in [3.63, 3.8) is 0 Å². The van der Waals surface area contributed by atoms with Gasteiger partial charge < -0.3 is 20.4 Å². The molecule has 6 heteroatoms. The summed E-state index contributed by atoms with van der Waals surface area (Å²) in [7, 11) is 0. The summed E-state index contributed by atoms with van der Waals surface area (Å²) in [6.45, 7) is 2.61. The maximum absolute atomic E-state index is 12.0. The second kappa shape index (κ2) is 8.20. The number of aromatic amines is 1. The lowest BCUT2D eigenvalue weighted by molar-refractivity contribution is 0.0526. The molecule has 3 aromatic rings. The van der Waals surface area contributed by atoms with Crippen LogP contribution in [0.3, 0.4) is 0 Å². The Balaban J connectivity index is 1.49. The number of benzene rings is 2. The van der Waals surface area contributed by atoms with Crippen LogP contribution < -0.4 is 10.6 Å². The van der Waals surface area contributed by atoms with Crippen LogP contribution in [0.2, 0.25) is 0 Å². The summed E-state index contributed by atoms with van der Waals surface area (Å²) >= 11 is 0. The molecule has 0 atom stereocenters. The second-order valence-corrected chi connectivity index (χ2v) is 5.79. The first-order chi connectivity index (χ1) is 12.7. The molecular formula is C20H21N3O3. The number of amides is 2. The van der Waals surface area contributed by atoms with Gasteiger partial charge in [0, 0.05) is 29.3 Å². The number of para-hydroxylation sites is 1. The van der Waals surface area contributed by atoms with Crippen LogP contribution in [0, 0.1) is 0 Å². The number of urea groups is 1. The highest BCUT2D eigenvalue weighted by atomic mass is 16.5. The van der Waals surface area contributed by atoms with Crippen molar-refractivity contribution in [1.29, 1.82) is 0 Å². The van der Waals surface area contributed by atoms with Crippen molar-refractivity contribution in [2.75, 3.05) is 18.5 Å². The Labute approximate surface area is 151 Å². The van der Waals surface area contributed by atoms with Crippen molar-refractivity contribution in [2.45, 2.75) is 13.3 Å². The number of ether oxygens (including phenoxy) is 1. The van der Waals surface area contributed by atoms with Crippen LogP contribution in [0.15, 0.2) is 54.7 Å². The van der Waals surface area contributed by atoms with Crippen LogP contribution in [0.5, 0.6) is 0 Å². The minimum Gasteiger partial charge on any atom is -0.462 e. The molecule has 2 aromatic carbocycles. The number of H-pyrrole nitrogens is 1. The van der Waals surface area contributed by atoms with E-state index in [0.717, 1.165) is 11.9 Å². The summed E-state index contributed by atoms with van der Waals surface area (Å²) in [5.74, 6) is -0.373. The van der Waals surface area contributed by atoms with Gasteiger partial charge >= 0.3 is 12.0 Å². The van der Waals surface area contributed by atoms with E-state index in [-0.39, 0.29) is 12.0 Å². The lowest BCUT2D eigenvalue weighted by Gasteiger charge is -2.08. The van der Waals surface area contributed by atoms with Crippen LogP contribution in [-0.2, 0) is 11.2 Å². The number of esters is 1. The molecule has 0 spiro atoms. The highest BCUT2D eigenvalue weighted by molar-refractivity contribution is 5.92. The zero-order valence-corrected chi connectivity index (χ0v) is 14.5. The van der Waals surface area contributed by atoms with Gasteiger partial charge in [-0.15, -0.1) is 0 Å². The SMILES string of the molecule is CCOC(=O)c1ccc(NC(=O)NCCc2c[nH]c3ccccc23)cc1. The van der Waals surface area contributed by atoms with Crippen LogP contribution in [0.1, 0.15) is 22.8 Å². The van der Waals surface area contributed by atoms with Gasteiger partial charge in [0.25, 0.3) is 0 Å². The third-order valence-electron chi connectivity index (χ3n) is 4.01. The van der Waals surface area contributed by atoms with Crippen molar-refractivity contribution in [2.24, 2.45) is 0 Å². The summed E-state index contributed by atoms with van der Waals surface area (Å²) in [5, 5.41) is 6.75. The number of nitrogens with one attached hydrogen (secondary N) is 3. The van der Waals surface area contributed by atoms with Crippen LogP contribution >= 0.6 is 0 Å². The number of fused-ring (bicyclic) bond motifs is 1. The van der Waals surface area contributed by atoms with E-state index >= 15 is 0 Å². The fourth-order valence-corrected chi connectivity index (χ4v) is 2.73. The molecule has 134 valence electrons. The number of anilines is 1. The lowest BCUT2D eigenvalue weighted by atomic mass is 10.1. The topological polar surface area (TPSA) is 83.2 Å². The summed E-state index contributed by atoms with van der Waals surface area (Å²) in [6.07, 6.45) is 2.71. The van der Waals surface area contributed by atoms with Gasteiger partial charge in [0.15, 0.2) is 0 Å². The van der Waals surface area contributed by atoms with E-state index < -0.39 is 0 Å². The van der Waals surface area contributed by atoms with E-state index in [4.69, 9.17) is 4.74 Å². The minimum absolute atomic E-state index is 0.284. The van der Waals surface area contributed by atoms with E-state index in [1.54, 1.807) is 31.2 Å². The van der Waals surface area contributed by atoms with Crippen molar-refractivity contribution in [3.8, 4) is 0 Å². The number of hydrogen-bond donors (Lipinski definition) is 3. The molecule has 0 bridgehead atoms. The maximum Gasteiger partial charge on any atom is 0.338 e. The number of carbonyl (C=O) groups is 2. The summed E-state index contributed by atoms with van der Waals surface area (Å²) in [4.78, 5) is 26.8. The molecule has 0 fully saturated rings. The second-order valence-electron chi connectivity index (χ2n) is 5.79. The van der Waals surface area contributed by atoms with E-state index in [0.29, 0.717) is 24.4 Å². The maximum atomic E-state index is 12.0. The number of rotatable bonds is 6. The first-order valence-electron chi connectivity index (χ1n) is 8.54. The standard InChI is InChI=1S/C20H21N3O3/c1-2-26-19(24)14-7-9-16(10-8-14)23-20(25)21-12-11-15-13-22-18-6-4-3-5-17(15)18/h3-10,13,22H,2,11-12H2,1H3,(H2,21,23,25). The molecule has 0 aliphatic heterocycles. The van der Waals surface area contributed by atoms with Crippen LogP contribution in [-0.4, -0.2) is 30.1 Å². The Morgan fingerprint density at radius 2 is 1.85 bits per heavy atom. The molecule has 0 saturated carbocycles. The average Bonchev–Trinajstić information content (AvgIpc) is 3.06. The molecule has 2 amide bonds. The van der Waals surface area contributed by atoms with Crippen molar-refractivity contribution in [3.05, 3.63) is 65.9 Å². The highest BCUT2D eigenvalue weighted by Crippen LogP contribution is 2.17. The zero-order valence-electron chi connectivity index (χ0n) is 14.5. The molecule has 0 aliphatic rings. The lowest BCUT2D eigenvalue weighted by Crippen LogP contribution is -2.30. The van der Waals surface area contributed by atoms with Crippen molar-refractivity contribution >= 4 is 28.6 Å². The monoisotopic (exact) mass is 351 g/mol. The molecule has 1 heterocycles. The largest absolute Gasteiger partial charge is 0.462 e. The Kier molecular flexibility index (Phi) is 5.53. The van der Waals surface area contributed by atoms with Gasteiger partial charge in [-0.1, -0.05) is 18.2 Å². The van der Waals surface area contributed by atoms with Crippen molar-refractivity contribution < 1.29 is 14.3 Å². The molecule has 0 unspecified atom stereocenters. The Hall–Kier alpha value is -3.28. The molecular weight excluding hydrogens is 330 g/mol. The summed E-state index contributed by atoms with van der Waals surface area (Å²) < 4.78 is 4.93. The fourth-order valence-electron chi connectivity index (χ4n) is 2.73. The number of hydrogen-bond acceptors (Lipinski definition) is 3. The normalized spacial score (nSPS) is 10.5. The van der Waals surface area contributed by atoms with E-state index in [1.165, 1.54) is 10.9 Å². The van der Waals surface area contributed by atoms with Gasteiger partial charge in [0.05, 0.1) is 12.2 Å². The highest BCUT2D eigenvalue weighted by Gasteiger charge is 2.07. The first-order valence-corrected chi connectivity index (χ1v) is 8.54. The van der Waals surface area contributed by atoms with Gasteiger partial charge in [-0.3, -0.25) is 0 Å². The smallest absolute Gasteiger partial charge is 0.338 e. The Morgan fingerprint density at radius 1 is 1.08 bits per heavy atom. The van der Waals surface area contributed by atoms with Gasteiger partial charge in [-0.05, 0) is 49.2 Å². The quantitative estimate of drug-likeness (QED) is 0.592. The summed E-state index contributed by atoms with van der Waals surface area (Å²) in [5.41, 5.74) is 3.33. The molecule has 0 aliphatic carbocycles. The van der Waals surface area contributed by atoms with Gasteiger partial charge in [-0.25, -0.2) is 9.59 Å². The molecule has 3 N–H and O–H groups in total. The number of aromatic nitrogens is 1.